The maximum absolute atomic E-state index is 4.33. The van der Waals surface area contributed by atoms with E-state index in [0.29, 0.717) is 5.92 Å². The minimum absolute atomic E-state index is 0.647. The molecule has 1 unspecified atom stereocenters. The van der Waals surface area contributed by atoms with E-state index in [1.54, 1.807) is 0 Å². The van der Waals surface area contributed by atoms with Crippen molar-refractivity contribution in [1.82, 2.24) is 9.38 Å². The lowest BCUT2D eigenvalue weighted by atomic mass is 9.95. The number of pyridine rings is 1. The highest BCUT2D eigenvalue weighted by Crippen LogP contribution is 2.22. The summed E-state index contributed by atoms with van der Waals surface area (Å²) < 4.78 is 2.06. The molecule has 92 valence electrons. The Balaban J connectivity index is 1.95. The highest BCUT2D eigenvalue weighted by molar-refractivity contribution is 5.42. The Morgan fingerprint density at radius 2 is 2.12 bits per heavy atom. The minimum Gasteiger partial charge on any atom is -0.307 e. The molecule has 2 heteroatoms. The highest BCUT2D eigenvalue weighted by Gasteiger charge is 2.06. The van der Waals surface area contributed by atoms with Crippen LogP contribution in [0.1, 0.15) is 57.4 Å². The van der Waals surface area contributed by atoms with Crippen molar-refractivity contribution in [1.29, 1.82) is 0 Å². The molecule has 0 bridgehead atoms. The first-order chi connectivity index (χ1) is 8.31. The Morgan fingerprint density at radius 3 is 2.94 bits per heavy atom. The van der Waals surface area contributed by atoms with Crippen molar-refractivity contribution >= 4 is 5.65 Å². The molecule has 0 amide bonds. The van der Waals surface area contributed by atoms with E-state index in [1.807, 2.05) is 12.4 Å². The number of unbranched alkanes of at least 4 members (excludes halogenated alkanes) is 3. The quantitative estimate of drug-likeness (QED) is 0.672. The maximum Gasteiger partial charge on any atom is 0.136 e. The predicted molar refractivity (Wildman–Crippen MR) is 72.4 cm³/mol. The van der Waals surface area contributed by atoms with Crippen LogP contribution in [0.15, 0.2) is 30.7 Å². The second-order valence-corrected chi connectivity index (χ2v) is 4.90. The Morgan fingerprint density at radius 1 is 1.24 bits per heavy atom. The molecule has 2 rings (SSSR count). The van der Waals surface area contributed by atoms with Gasteiger partial charge in [0.15, 0.2) is 0 Å². The molecule has 0 radical (unpaired) electrons. The molecule has 2 aromatic heterocycles. The van der Waals surface area contributed by atoms with Gasteiger partial charge in [0.25, 0.3) is 0 Å². The van der Waals surface area contributed by atoms with Crippen molar-refractivity contribution in [2.45, 2.75) is 51.9 Å². The molecule has 0 N–H and O–H groups in total. The van der Waals surface area contributed by atoms with Gasteiger partial charge in [0.1, 0.15) is 5.65 Å². The summed E-state index contributed by atoms with van der Waals surface area (Å²) in [5, 5.41) is 0. The molecule has 0 saturated carbocycles. The van der Waals surface area contributed by atoms with E-state index in [1.165, 1.54) is 37.7 Å². The first-order valence-corrected chi connectivity index (χ1v) is 6.74. The van der Waals surface area contributed by atoms with Gasteiger partial charge in [0.05, 0.1) is 0 Å². The number of nitrogens with zero attached hydrogens (tertiary/aromatic N) is 2. The van der Waals surface area contributed by atoms with Gasteiger partial charge in [0, 0.05) is 18.6 Å². The molecule has 0 aliphatic carbocycles. The average molecular weight is 230 g/mol. The number of hydrogen-bond donors (Lipinski definition) is 0. The Bertz CT molecular complexity index is 459. The standard InChI is InChI=1S/C15H22N2/c1-3-4-5-6-7-13(2)14-8-10-17-11-9-16-15(17)12-14/h8-13H,3-7H2,1-2H3. The first kappa shape index (κ1) is 12.2. The molecule has 17 heavy (non-hydrogen) atoms. The molecule has 0 aromatic carbocycles. The van der Waals surface area contributed by atoms with Crippen LogP contribution < -0.4 is 0 Å². The number of imidazole rings is 1. The van der Waals surface area contributed by atoms with Crippen LogP contribution in [-0.4, -0.2) is 9.38 Å². The largest absolute Gasteiger partial charge is 0.307 e. The van der Waals surface area contributed by atoms with E-state index in [-0.39, 0.29) is 0 Å². The molecular formula is C15H22N2. The van der Waals surface area contributed by atoms with Crippen LogP contribution >= 0.6 is 0 Å². The fourth-order valence-corrected chi connectivity index (χ4v) is 2.28. The average Bonchev–Trinajstić information content (AvgIpc) is 2.81. The third-order valence-electron chi connectivity index (χ3n) is 3.48. The van der Waals surface area contributed by atoms with Crippen molar-refractivity contribution in [3.8, 4) is 0 Å². The van der Waals surface area contributed by atoms with Crippen molar-refractivity contribution in [2.75, 3.05) is 0 Å². The van der Waals surface area contributed by atoms with Gasteiger partial charge >= 0.3 is 0 Å². The van der Waals surface area contributed by atoms with E-state index in [4.69, 9.17) is 0 Å². The fourth-order valence-electron chi connectivity index (χ4n) is 2.28. The molecule has 2 nitrogen and oxygen atoms in total. The van der Waals surface area contributed by atoms with Crippen molar-refractivity contribution in [2.24, 2.45) is 0 Å². The SMILES string of the molecule is CCCCCCC(C)c1ccn2ccnc2c1. The monoisotopic (exact) mass is 230 g/mol. The molecule has 0 aliphatic rings. The number of rotatable bonds is 6. The van der Waals surface area contributed by atoms with Crippen LogP contribution in [0.5, 0.6) is 0 Å². The van der Waals surface area contributed by atoms with Crippen LogP contribution in [0, 0.1) is 0 Å². The van der Waals surface area contributed by atoms with E-state index >= 15 is 0 Å². The summed E-state index contributed by atoms with van der Waals surface area (Å²) >= 11 is 0. The molecule has 0 spiro atoms. The van der Waals surface area contributed by atoms with E-state index < -0.39 is 0 Å². The molecule has 0 fully saturated rings. The molecular weight excluding hydrogens is 208 g/mol. The lowest BCUT2D eigenvalue weighted by Gasteiger charge is -2.11. The van der Waals surface area contributed by atoms with Gasteiger partial charge in [-0.1, -0.05) is 39.5 Å². The third kappa shape index (κ3) is 3.09. The third-order valence-corrected chi connectivity index (χ3v) is 3.48. The van der Waals surface area contributed by atoms with Crippen molar-refractivity contribution in [3.05, 3.63) is 36.3 Å². The lowest BCUT2D eigenvalue weighted by molar-refractivity contribution is 0.580. The van der Waals surface area contributed by atoms with Gasteiger partial charge in [-0.15, -0.1) is 0 Å². The van der Waals surface area contributed by atoms with Gasteiger partial charge in [0.2, 0.25) is 0 Å². The zero-order chi connectivity index (χ0) is 12.1. The summed E-state index contributed by atoms with van der Waals surface area (Å²) in [5.74, 6) is 0.647. The second-order valence-electron chi connectivity index (χ2n) is 4.90. The van der Waals surface area contributed by atoms with Gasteiger partial charge in [-0.3, -0.25) is 0 Å². The Labute approximate surface area is 104 Å². The zero-order valence-electron chi connectivity index (χ0n) is 10.9. The normalized spacial score (nSPS) is 13.1. The van der Waals surface area contributed by atoms with Crippen molar-refractivity contribution in [3.63, 3.8) is 0 Å². The van der Waals surface area contributed by atoms with Crippen LogP contribution in [0.25, 0.3) is 5.65 Å². The minimum atomic E-state index is 0.647. The van der Waals surface area contributed by atoms with Gasteiger partial charge in [-0.25, -0.2) is 4.98 Å². The number of aromatic nitrogens is 2. The molecule has 0 saturated heterocycles. The van der Waals surface area contributed by atoms with Crippen LogP contribution in [0.3, 0.4) is 0 Å². The summed E-state index contributed by atoms with van der Waals surface area (Å²) in [6, 6.07) is 4.43. The number of hydrogen-bond acceptors (Lipinski definition) is 1. The van der Waals surface area contributed by atoms with Crippen molar-refractivity contribution < 1.29 is 0 Å². The smallest absolute Gasteiger partial charge is 0.136 e. The highest BCUT2D eigenvalue weighted by atomic mass is 15.0. The Hall–Kier alpha value is -1.31. The summed E-state index contributed by atoms with van der Waals surface area (Å²) in [7, 11) is 0. The van der Waals surface area contributed by atoms with Gasteiger partial charge in [-0.2, -0.15) is 0 Å². The summed E-state index contributed by atoms with van der Waals surface area (Å²) in [6.07, 6.45) is 12.6. The number of fused-ring (bicyclic) bond motifs is 1. The van der Waals surface area contributed by atoms with E-state index in [2.05, 4.69) is 41.6 Å². The maximum atomic E-state index is 4.33. The van der Waals surface area contributed by atoms with Crippen LogP contribution in [0.4, 0.5) is 0 Å². The first-order valence-electron chi connectivity index (χ1n) is 6.74. The summed E-state index contributed by atoms with van der Waals surface area (Å²) in [4.78, 5) is 4.33. The predicted octanol–water partition coefficient (Wildman–Crippen LogP) is 4.41. The van der Waals surface area contributed by atoms with Gasteiger partial charge < -0.3 is 4.40 Å². The topological polar surface area (TPSA) is 17.3 Å². The van der Waals surface area contributed by atoms with E-state index in [0.717, 1.165) is 5.65 Å². The summed E-state index contributed by atoms with van der Waals surface area (Å²) in [5.41, 5.74) is 2.48. The molecule has 1 atom stereocenters. The van der Waals surface area contributed by atoms with Gasteiger partial charge in [-0.05, 0) is 30.0 Å². The van der Waals surface area contributed by atoms with Crippen LogP contribution in [-0.2, 0) is 0 Å². The molecule has 2 aromatic rings. The zero-order valence-corrected chi connectivity index (χ0v) is 10.9. The molecule has 2 heterocycles. The lowest BCUT2D eigenvalue weighted by Crippen LogP contribution is -1.95. The molecule has 0 aliphatic heterocycles. The Kier molecular flexibility index (Phi) is 4.18. The van der Waals surface area contributed by atoms with Crippen LogP contribution in [0.2, 0.25) is 0 Å². The second kappa shape index (κ2) is 5.85. The fraction of sp³-hybridized carbons (Fsp3) is 0.533. The summed E-state index contributed by atoms with van der Waals surface area (Å²) in [6.45, 7) is 4.58. The van der Waals surface area contributed by atoms with E-state index in [9.17, 15) is 0 Å².